The number of aliphatic hydroxyl groups excluding tert-OH is 1. The molecule has 0 aliphatic heterocycles. The van der Waals surface area contributed by atoms with E-state index < -0.39 is 18.0 Å². The topological polar surface area (TPSA) is 129 Å². The van der Waals surface area contributed by atoms with E-state index in [2.05, 4.69) is 29.4 Å². The number of aliphatic carboxylic acids is 2. The number of nitrogens with zero attached hydrogens (tertiary/aromatic N) is 1. The molecule has 1 heterocycles. The average Bonchev–Trinajstić information content (AvgIpc) is 3.18. The van der Waals surface area contributed by atoms with Gasteiger partial charge in [-0.3, -0.25) is 0 Å². The molecule has 0 saturated heterocycles. The molecule has 2 atom stereocenters. The van der Waals surface area contributed by atoms with Crippen LogP contribution in [0.2, 0.25) is 0 Å². The second-order valence-electron chi connectivity index (χ2n) is 5.77. The molecule has 4 N–H and O–H groups in total. The molecule has 0 radical (unpaired) electrons. The van der Waals surface area contributed by atoms with Gasteiger partial charge in [0.2, 0.25) is 0 Å². The van der Waals surface area contributed by atoms with Crippen molar-refractivity contribution in [2.75, 3.05) is 13.2 Å². The van der Waals surface area contributed by atoms with Crippen molar-refractivity contribution in [2.24, 2.45) is 0 Å². The highest BCUT2D eigenvalue weighted by Crippen LogP contribution is 2.13. The minimum absolute atomic E-state index is 0.262. The fourth-order valence-electron chi connectivity index (χ4n) is 2.03. The minimum atomic E-state index is -1.26. The van der Waals surface area contributed by atoms with Crippen molar-refractivity contribution in [3.8, 4) is 5.19 Å². The number of rotatable bonds is 10. The van der Waals surface area contributed by atoms with Gasteiger partial charge in [-0.2, -0.15) is 0 Å². The molecule has 1 aromatic heterocycles. The van der Waals surface area contributed by atoms with Gasteiger partial charge in [0.25, 0.3) is 5.19 Å². The van der Waals surface area contributed by atoms with Gasteiger partial charge in [0.15, 0.2) is 0 Å². The standard InChI is InChI=1S/C15H20N2O2S.C4H4O4/c1-12(9-13-5-3-2-4-6-13)17-10-14(18)11-19-15-16-7-8-20-15;5-3(6)1-2-4(7)8/h2-8,12,14,17-18H,9-11H2,1H3;1-2H,(H,5,6)(H,7,8)/b;2-1-. The van der Waals surface area contributed by atoms with Gasteiger partial charge in [-0.25, -0.2) is 14.6 Å². The van der Waals surface area contributed by atoms with Crippen LogP contribution in [0.3, 0.4) is 0 Å². The maximum absolute atomic E-state index is 9.85. The number of carboxylic acids is 2. The molecule has 8 nitrogen and oxygen atoms in total. The van der Waals surface area contributed by atoms with Crippen LogP contribution >= 0.6 is 11.3 Å². The Bertz CT molecular complexity index is 705. The van der Waals surface area contributed by atoms with Crippen LogP contribution in [0.25, 0.3) is 0 Å². The predicted molar refractivity (Wildman–Crippen MR) is 106 cm³/mol. The van der Waals surface area contributed by atoms with Crippen molar-refractivity contribution in [1.82, 2.24) is 10.3 Å². The summed E-state index contributed by atoms with van der Waals surface area (Å²) in [7, 11) is 0. The van der Waals surface area contributed by atoms with E-state index >= 15 is 0 Å². The van der Waals surface area contributed by atoms with Gasteiger partial charge in [0, 0.05) is 36.3 Å². The molecule has 0 amide bonds. The summed E-state index contributed by atoms with van der Waals surface area (Å²) in [5.74, 6) is -2.51. The van der Waals surface area contributed by atoms with Gasteiger partial charge in [0.1, 0.15) is 12.7 Å². The van der Waals surface area contributed by atoms with E-state index in [-0.39, 0.29) is 6.61 Å². The molecule has 0 aliphatic carbocycles. The molecule has 152 valence electrons. The molecule has 0 bridgehead atoms. The first kappa shape index (κ1) is 23.3. The van der Waals surface area contributed by atoms with Crippen LogP contribution in [0, 0.1) is 0 Å². The lowest BCUT2D eigenvalue weighted by Gasteiger charge is -2.17. The van der Waals surface area contributed by atoms with Crippen LogP contribution < -0.4 is 10.1 Å². The average molecular weight is 408 g/mol. The number of ether oxygens (including phenoxy) is 1. The Balaban J connectivity index is 0.000000416. The van der Waals surface area contributed by atoms with Crippen molar-refractivity contribution >= 4 is 23.3 Å². The summed E-state index contributed by atoms with van der Waals surface area (Å²) in [6, 6.07) is 10.6. The quantitative estimate of drug-likeness (QED) is 0.438. The number of hydrogen-bond donors (Lipinski definition) is 4. The molecule has 1 aromatic carbocycles. The number of carboxylic acid groups (broad SMARTS) is 2. The summed E-state index contributed by atoms with van der Waals surface area (Å²) in [5.41, 5.74) is 1.29. The summed E-state index contributed by atoms with van der Waals surface area (Å²) in [5, 5.41) is 31.2. The highest BCUT2D eigenvalue weighted by molar-refractivity contribution is 7.11. The van der Waals surface area contributed by atoms with Crippen LogP contribution in [0.1, 0.15) is 12.5 Å². The molecule has 2 rings (SSSR count). The number of nitrogens with one attached hydrogen (secondary N) is 1. The Labute approximate surface area is 167 Å². The maximum Gasteiger partial charge on any atom is 0.328 e. The summed E-state index contributed by atoms with van der Waals surface area (Å²) >= 11 is 1.43. The van der Waals surface area contributed by atoms with Crippen LogP contribution in [-0.2, 0) is 16.0 Å². The molecule has 9 heteroatoms. The summed E-state index contributed by atoms with van der Waals surface area (Å²) in [6.45, 7) is 2.89. The Morgan fingerprint density at radius 2 is 1.86 bits per heavy atom. The van der Waals surface area contributed by atoms with Gasteiger partial charge < -0.3 is 25.4 Å². The molecule has 0 aliphatic rings. The zero-order chi connectivity index (χ0) is 20.8. The highest BCUT2D eigenvalue weighted by atomic mass is 32.1. The molecule has 2 aromatic rings. The van der Waals surface area contributed by atoms with Gasteiger partial charge >= 0.3 is 11.9 Å². The van der Waals surface area contributed by atoms with E-state index in [0.717, 1.165) is 6.42 Å². The zero-order valence-electron chi connectivity index (χ0n) is 15.4. The SMILES string of the molecule is CC(Cc1ccccc1)NCC(O)COc1nccs1.O=C(O)/C=C\C(=O)O. The number of carbonyl (C=O) groups is 2. The summed E-state index contributed by atoms with van der Waals surface area (Å²) in [4.78, 5) is 23.1. The first-order chi connectivity index (χ1) is 13.4. The van der Waals surface area contributed by atoms with Gasteiger partial charge in [0.05, 0.1) is 0 Å². The number of aromatic nitrogens is 1. The number of hydrogen-bond acceptors (Lipinski definition) is 7. The first-order valence-electron chi connectivity index (χ1n) is 8.48. The molecule has 28 heavy (non-hydrogen) atoms. The largest absolute Gasteiger partial charge is 0.478 e. The van der Waals surface area contributed by atoms with E-state index in [4.69, 9.17) is 14.9 Å². The number of aliphatic hydroxyl groups is 1. The monoisotopic (exact) mass is 408 g/mol. The molecular weight excluding hydrogens is 384 g/mol. The lowest BCUT2D eigenvalue weighted by atomic mass is 10.1. The Kier molecular flexibility index (Phi) is 11.2. The van der Waals surface area contributed by atoms with Crippen LogP contribution in [-0.4, -0.2) is 57.5 Å². The third-order valence-corrected chi connectivity index (χ3v) is 3.95. The fourth-order valence-corrected chi connectivity index (χ4v) is 2.52. The number of thiazole rings is 1. The van der Waals surface area contributed by atoms with Crippen molar-refractivity contribution in [2.45, 2.75) is 25.5 Å². The third kappa shape index (κ3) is 11.8. The number of benzene rings is 1. The first-order valence-corrected chi connectivity index (χ1v) is 9.36. The minimum Gasteiger partial charge on any atom is -0.478 e. The van der Waals surface area contributed by atoms with E-state index in [1.54, 1.807) is 6.20 Å². The van der Waals surface area contributed by atoms with E-state index in [1.807, 2.05) is 23.6 Å². The van der Waals surface area contributed by atoms with Crippen molar-refractivity contribution < 1.29 is 29.6 Å². The smallest absolute Gasteiger partial charge is 0.328 e. The van der Waals surface area contributed by atoms with E-state index in [1.165, 1.54) is 16.9 Å². The van der Waals surface area contributed by atoms with Crippen molar-refractivity contribution in [3.05, 3.63) is 59.6 Å². The third-order valence-electron chi connectivity index (χ3n) is 3.26. The van der Waals surface area contributed by atoms with E-state index in [0.29, 0.717) is 29.9 Å². The Hall–Kier alpha value is -2.75. The fraction of sp³-hybridized carbons (Fsp3) is 0.316. The maximum atomic E-state index is 9.85. The Morgan fingerprint density at radius 3 is 2.39 bits per heavy atom. The lowest BCUT2D eigenvalue weighted by molar-refractivity contribution is -0.134. The van der Waals surface area contributed by atoms with Crippen LogP contribution in [0.4, 0.5) is 0 Å². The van der Waals surface area contributed by atoms with Crippen molar-refractivity contribution in [1.29, 1.82) is 0 Å². The highest BCUT2D eigenvalue weighted by Gasteiger charge is 2.09. The normalized spacial score (nSPS) is 12.6. The summed E-state index contributed by atoms with van der Waals surface area (Å²) in [6.07, 6.45) is 3.22. The van der Waals surface area contributed by atoms with Crippen LogP contribution in [0.5, 0.6) is 5.19 Å². The molecule has 2 unspecified atom stereocenters. The Morgan fingerprint density at radius 1 is 1.21 bits per heavy atom. The van der Waals surface area contributed by atoms with Gasteiger partial charge in [-0.05, 0) is 18.9 Å². The molecular formula is C19H24N2O6S. The van der Waals surface area contributed by atoms with Crippen LogP contribution in [0.15, 0.2) is 54.1 Å². The molecule has 0 saturated carbocycles. The zero-order valence-corrected chi connectivity index (χ0v) is 16.2. The lowest BCUT2D eigenvalue weighted by Crippen LogP contribution is -2.37. The van der Waals surface area contributed by atoms with Gasteiger partial charge in [-0.15, -0.1) is 0 Å². The molecule has 0 fully saturated rings. The van der Waals surface area contributed by atoms with Crippen molar-refractivity contribution in [3.63, 3.8) is 0 Å². The molecule has 0 spiro atoms. The van der Waals surface area contributed by atoms with E-state index in [9.17, 15) is 14.7 Å². The summed E-state index contributed by atoms with van der Waals surface area (Å²) < 4.78 is 5.38. The second-order valence-corrected chi connectivity index (χ2v) is 6.63. The predicted octanol–water partition coefficient (Wildman–Crippen LogP) is 1.82. The van der Waals surface area contributed by atoms with Gasteiger partial charge in [-0.1, -0.05) is 41.7 Å². The second kappa shape index (κ2) is 13.4.